The highest BCUT2D eigenvalue weighted by Gasteiger charge is 2.20. The van der Waals surface area contributed by atoms with Gasteiger partial charge in [-0.15, -0.1) is 11.3 Å². The van der Waals surface area contributed by atoms with Gasteiger partial charge in [0.05, 0.1) is 5.56 Å². The zero-order valence-electron chi connectivity index (χ0n) is 10.6. The van der Waals surface area contributed by atoms with Crippen molar-refractivity contribution in [3.05, 3.63) is 51.9 Å². The normalized spacial score (nSPS) is 13.6. The molecule has 0 saturated heterocycles. The molecule has 3 nitrogen and oxygen atoms in total. The third kappa shape index (κ3) is 2.48. The van der Waals surface area contributed by atoms with Crippen molar-refractivity contribution < 1.29 is 0 Å². The maximum absolute atomic E-state index is 9.36. The van der Waals surface area contributed by atoms with Crippen LogP contribution in [0.4, 0.5) is 5.00 Å². The summed E-state index contributed by atoms with van der Waals surface area (Å²) in [5, 5.41) is 17.1. The summed E-state index contributed by atoms with van der Waals surface area (Å²) in [6, 6.07) is 12.6. The Kier molecular flexibility index (Phi) is 3.49. The number of rotatable bonds is 3. The Bertz CT molecular complexity index is 610. The highest BCUT2D eigenvalue weighted by Crippen LogP contribution is 2.34. The zero-order chi connectivity index (χ0) is 13.1. The molecule has 0 spiro atoms. The molecule has 0 saturated carbocycles. The van der Waals surface area contributed by atoms with Crippen LogP contribution < -0.4 is 10.6 Å². The average molecular weight is 269 g/mol. The molecule has 1 aliphatic heterocycles. The van der Waals surface area contributed by atoms with Crippen LogP contribution in [-0.4, -0.2) is 6.54 Å². The Balaban J connectivity index is 1.81. The second-order valence-corrected chi connectivity index (χ2v) is 5.69. The first-order valence-electron chi connectivity index (χ1n) is 6.41. The Labute approximate surface area is 116 Å². The molecule has 96 valence electrons. The summed E-state index contributed by atoms with van der Waals surface area (Å²) < 4.78 is 0. The standard InChI is InChI=1S/C15H15N3S/c16-8-13-12-6-7-17-10-14(12)19-15(13)18-9-11-4-2-1-3-5-11/h1-5,17-18H,6-7,9-10H2. The molecule has 1 aromatic carbocycles. The monoisotopic (exact) mass is 269 g/mol. The first-order valence-corrected chi connectivity index (χ1v) is 7.23. The largest absolute Gasteiger partial charge is 0.372 e. The van der Waals surface area contributed by atoms with E-state index >= 15 is 0 Å². The van der Waals surface area contributed by atoms with Crippen LogP contribution in [0.25, 0.3) is 0 Å². The van der Waals surface area contributed by atoms with Crippen molar-refractivity contribution in [1.82, 2.24) is 5.32 Å². The van der Waals surface area contributed by atoms with Crippen LogP contribution in [0.15, 0.2) is 30.3 Å². The van der Waals surface area contributed by atoms with Crippen LogP contribution in [-0.2, 0) is 19.5 Å². The van der Waals surface area contributed by atoms with E-state index in [-0.39, 0.29) is 0 Å². The number of nitrogens with one attached hydrogen (secondary N) is 2. The van der Waals surface area contributed by atoms with Crippen molar-refractivity contribution >= 4 is 16.3 Å². The van der Waals surface area contributed by atoms with Crippen LogP contribution >= 0.6 is 11.3 Å². The number of thiophene rings is 1. The van der Waals surface area contributed by atoms with E-state index in [4.69, 9.17) is 0 Å². The molecule has 0 atom stereocenters. The Morgan fingerprint density at radius 2 is 2.16 bits per heavy atom. The third-order valence-electron chi connectivity index (χ3n) is 3.34. The number of benzene rings is 1. The fraction of sp³-hybridized carbons (Fsp3) is 0.267. The van der Waals surface area contributed by atoms with Gasteiger partial charge < -0.3 is 10.6 Å². The lowest BCUT2D eigenvalue weighted by molar-refractivity contribution is 0.654. The summed E-state index contributed by atoms with van der Waals surface area (Å²) in [5.74, 6) is 0. The topological polar surface area (TPSA) is 47.9 Å². The molecule has 0 bridgehead atoms. The van der Waals surface area contributed by atoms with Crippen molar-refractivity contribution in [1.29, 1.82) is 5.26 Å². The van der Waals surface area contributed by atoms with Crippen molar-refractivity contribution in [2.75, 3.05) is 11.9 Å². The Morgan fingerprint density at radius 1 is 1.32 bits per heavy atom. The van der Waals surface area contributed by atoms with Gasteiger partial charge in [0.15, 0.2) is 0 Å². The van der Waals surface area contributed by atoms with Gasteiger partial charge in [-0.2, -0.15) is 5.26 Å². The fourth-order valence-corrected chi connectivity index (χ4v) is 3.52. The van der Waals surface area contributed by atoms with Gasteiger partial charge in [0, 0.05) is 18.0 Å². The summed E-state index contributed by atoms with van der Waals surface area (Å²) in [4.78, 5) is 1.30. The smallest absolute Gasteiger partial charge is 0.107 e. The summed E-state index contributed by atoms with van der Waals surface area (Å²) in [6.07, 6.45) is 0.960. The Hall–Kier alpha value is -1.83. The molecule has 0 fully saturated rings. The second kappa shape index (κ2) is 5.43. The number of anilines is 1. The van der Waals surface area contributed by atoms with E-state index in [1.165, 1.54) is 16.0 Å². The molecular formula is C15H15N3S. The van der Waals surface area contributed by atoms with Crippen LogP contribution in [0, 0.1) is 11.3 Å². The molecular weight excluding hydrogens is 254 g/mol. The van der Waals surface area contributed by atoms with Gasteiger partial charge in [-0.25, -0.2) is 0 Å². The second-order valence-electron chi connectivity index (χ2n) is 4.59. The number of nitriles is 1. The summed E-state index contributed by atoms with van der Waals surface area (Å²) in [6.45, 7) is 2.63. The average Bonchev–Trinajstić information content (AvgIpc) is 2.83. The Morgan fingerprint density at radius 3 is 2.95 bits per heavy atom. The summed E-state index contributed by atoms with van der Waals surface area (Å²) >= 11 is 1.71. The number of fused-ring (bicyclic) bond motifs is 1. The molecule has 2 aromatic rings. The number of hydrogen-bond donors (Lipinski definition) is 2. The van der Waals surface area contributed by atoms with Gasteiger partial charge >= 0.3 is 0 Å². The molecule has 0 unspecified atom stereocenters. The highest BCUT2D eigenvalue weighted by molar-refractivity contribution is 7.16. The molecule has 0 amide bonds. The van der Waals surface area contributed by atoms with Crippen LogP contribution in [0.5, 0.6) is 0 Å². The van der Waals surface area contributed by atoms with Crippen LogP contribution in [0.2, 0.25) is 0 Å². The summed E-state index contributed by atoms with van der Waals surface area (Å²) in [7, 11) is 0. The van der Waals surface area contributed by atoms with E-state index in [9.17, 15) is 5.26 Å². The first kappa shape index (κ1) is 12.2. The molecule has 2 heterocycles. The van der Waals surface area contributed by atoms with E-state index in [0.717, 1.165) is 36.6 Å². The van der Waals surface area contributed by atoms with Crippen molar-refractivity contribution in [2.24, 2.45) is 0 Å². The first-order chi connectivity index (χ1) is 9.38. The lowest BCUT2D eigenvalue weighted by Gasteiger charge is -2.11. The van der Waals surface area contributed by atoms with Crippen molar-refractivity contribution in [2.45, 2.75) is 19.5 Å². The predicted octanol–water partition coefficient (Wildman–Crippen LogP) is 2.88. The minimum atomic E-state index is 0.766. The number of hydrogen-bond acceptors (Lipinski definition) is 4. The minimum Gasteiger partial charge on any atom is -0.372 e. The maximum Gasteiger partial charge on any atom is 0.107 e. The summed E-state index contributed by atoms with van der Waals surface area (Å²) in [5.41, 5.74) is 3.31. The minimum absolute atomic E-state index is 0.766. The van der Waals surface area contributed by atoms with Gasteiger partial charge in [-0.1, -0.05) is 30.3 Å². The molecule has 1 aromatic heterocycles. The molecule has 0 radical (unpaired) electrons. The fourth-order valence-electron chi connectivity index (χ4n) is 2.36. The SMILES string of the molecule is N#Cc1c(NCc2ccccc2)sc2c1CCNC2. The van der Waals surface area contributed by atoms with Gasteiger partial charge in [0.25, 0.3) is 0 Å². The van der Waals surface area contributed by atoms with Gasteiger partial charge in [0.1, 0.15) is 11.1 Å². The molecule has 2 N–H and O–H groups in total. The van der Waals surface area contributed by atoms with Crippen molar-refractivity contribution in [3.8, 4) is 6.07 Å². The van der Waals surface area contributed by atoms with E-state index in [1.807, 2.05) is 18.2 Å². The molecule has 4 heteroatoms. The molecule has 1 aliphatic rings. The highest BCUT2D eigenvalue weighted by atomic mass is 32.1. The van der Waals surface area contributed by atoms with E-state index in [1.54, 1.807) is 11.3 Å². The van der Waals surface area contributed by atoms with Crippen molar-refractivity contribution in [3.63, 3.8) is 0 Å². The predicted molar refractivity (Wildman–Crippen MR) is 78.2 cm³/mol. The number of nitrogens with zero attached hydrogens (tertiary/aromatic N) is 1. The van der Waals surface area contributed by atoms with Crippen LogP contribution in [0.1, 0.15) is 21.6 Å². The lowest BCUT2D eigenvalue weighted by atomic mass is 10.1. The van der Waals surface area contributed by atoms with Gasteiger partial charge in [-0.05, 0) is 24.1 Å². The van der Waals surface area contributed by atoms with E-state index < -0.39 is 0 Å². The maximum atomic E-state index is 9.36. The molecule has 19 heavy (non-hydrogen) atoms. The lowest BCUT2D eigenvalue weighted by Crippen LogP contribution is -2.22. The third-order valence-corrected chi connectivity index (χ3v) is 4.53. The molecule has 3 rings (SSSR count). The molecule has 0 aliphatic carbocycles. The zero-order valence-corrected chi connectivity index (χ0v) is 11.4. The van der Waals surface area contributed by atoms with Crippen LogP contribution in [0.3, 0.4) is 0 Å². The van der Waals surface area contributed by atoms with E-state index in [0.29, 0.717) is 0 Å². The van der Waals surface area contributed by atoms with Gasteiger partial charge in [0.2, 0.25) is 0 Å². The van der Waals surface area contributed by atoms with Gasteiger partial charge in [-0.3, -0.25) is 0 Å². The van der Waals surface area contributed by atoms with E-state index in [2.05, 4.69) is 28.8 Å². The quantitative estimate of drug-likeness (QED) is 0.900.